The van der Waals surface area contributed by atoms with Crippen molar-refractivity contribution < 1.29 is 0 Å². The summed E-state index contributed by atoms with van der Waals surface area (Å²) in [6.45, 7) is 15.9. The monoisotopic (exact) mass is 688 g/mol. The molecule has 0 saturated heterocycles. The van der Waals surface area contributed by atoms with Crippen molar-refractivity contribution in [2.45, 2.75) is 59.3 Å². The Hall–Kier alpha value is -5.86. The lowest BCUT2D eigenvalue weighted by Gasteiger charge is -2.30. The van der Waals surface area contributed by atoms with Crippen molar-refractivity contribution in [1.82, 2.24) is 0 Å². The molecule has 0 bridgehead atoms. The fourth-order valence-corrected chi connectivity index (χ4v) is 8.16. The quantitative estimate of drug-likeness (QED) is 0.157. The van der Waals surface area contributed by atoms with E-state index in [2.05, 4.69) is 222 Å². The number of para-hydroxylation sites is 1. The Labute approximate surface area is 316 Å². The number of nitrogens with zero attached hydrogens (tertiary/aromatic N) is 2. The summed E-state index contributed by atoms with van der Waals surface area (Å²) in [4.78, 5) is 4.79. The summed E-state index contributed by atoms with van der Waals surface area (Å²) in [5.74, 6) is 0. The van der Waals surface area contributed by atoms with Crippen LogP contribution in [0, 0.1) is 20.8 Å². The zero-order chi connectivity index (χ0) is 36.9. The molecule has 1 aliphatic carbocycles. The van der Waals surface area contributed by atoms with Crippen LogP contribution in [0.3, 0.4) is 0 Å². The number of anilines is 6. The van der Waals surface area contributed by atoms with E-state index < -0.39 is 0 Å². The lowest BCUT2D eigenvalue weighted by atomic mass is 9.78. The molecule has 0 fully saturated rings. The van der Waals surface area contributed by atoms with E-state index >= 15 is 0 Å². The van der Waals surface area contributed by atoms with Crippen LogP contribution in [0.2, 0.25) is 0 Å². The van der Waals surface area contributed by atoms with Crippen LogP contribution < -0.4 is 9.80 Å². The van der Waals surface area contributed by atoms with E-state index in [0.29, 0.717) is 0 Å². The average molecular weight is 689 g/mol. The van der Waals surface area contributed by atoms with Crippen LogP contribution >= 0.6 is 0 Å². The first-order chi connectivity index (χ1) is 25.5. The smallest absolute Gasteiger partial charge is 0.0465 e. The topological polar surface area (TPSA) is 6.48 Å². The molecule has 0 aromatic heterocycles. The molecule has 2 nitrogen and oxygen atoms in total. The van der Waals surface area contributed by atoms with Gasteiger partial charge in [0, 0.05) is 45.0 Å². The van der Waals surface area contributed by atoms with E-state index in [4.69, 9.17) is 0 Å². The highest BCUT2D eigenvalue weighted by Gasteiger charge is 2.37. The zero-order valence-electron chi connectivity index (χ0n) is 32.0. The Kier molecular flexibility index (Phi) is 8.58. The second-order valence-corrected chi connectivity index (χ2v) is 15.8. The molecular weight excluding hydrogens is 641 g/mol. The number of hydrogen-bond donors (Lipinski definition) is 0. The summed E-state index contributed by atoms with van der Waals surface area (Å²) in [6.07, 6.45) is 0. The third-order valence-electron chi connectivity index (χ3n) is 11.3. The third-order valence-corrected chi connectivity index (χ3v) is 11.3. The van der Waals surface area contributed by atoms with Crippen molar-refractivity contribution in [1.29, 1.82) is 0 Å². The van der Waals surface area contributed by atoms with E-state index in [9.17, 15) is 0 Å². The van der Waals surface area contributed by atoms with E-state index in [1.54, 1.807) is 0 Å². The maximum atomic E-state index is 2.43. The van der Waals surface area contributed by atoms with Gasteiger partial charge in [0.2, 0.25) is 0 Å². The highest BCUT2D eigenvalue weighted by Crippen LogP contribution is 2.52. The molecule has 0 aliphatic heterocycles. The summed E-state index contributed by atoms with van der Waals surface area (Å²) >= 11 is 0. The highest BCUT2D eigenvalue weighted by atomic mass is 15.1. The van der Waals surface area contributed by atoms with Crippen LogP contribution in [-0.4, -0.2) is 0 Å². The average Bonchev–Trinajstić information content (AvgIpc) is 3.38. The van der Waals surface area contributed by atoms with Gasteiger partial charge in [-0.05, 0) is 138 Å². The third kappa shape index (κ3) is 6.23. The minimum atomic E-state index is -0.203. The van der Waals surface area contributed by atoms with Crippen molar-refractivity contribution in [2.75, 3.05) is 9.80 Å². The Bertz CT molecular complexity index is 2420. The second kappa shape index (κ2) is 13.3. The number of rotatable bonds is 8. The number of fused-ring (bicyclic) bond motifs is 3. The molecule has 0 saturated carbocycles. The predicted molar refractivity (Wildman–Crippen MR) is 226 cm³/mol. The first-order valence-corrected chi connectivity index (χ1v) is 18.8. The van der Waals surface area contributed by atoms with Crippen LogP contribution in [0.25, 0.3) is 11.1 Å². The van der Waals surface area contributed by atoms with Crippen molar-refractivity contribution in [3.8, 4) is 11.1 Å². The van der Waals surface area contributed by atoms with Gasteiger partial charge in [-0.3, -0.25) is 0 Å². The Balaban J connectivity index is 1.20. The van der Waals surface area contributed by atoms with Crippen molar-refractivity contribution in [3.05, 3.63) is 203 Å². The maximum absolute atomic E-state index is 2.43. The molecule has 53 heavy (non-hydrogen) atoms. The van der Waals surface area contributed by atoms with Crippen LogP contribution in [0.5, 0.6) is 0 Å². The van der Waals surface area contributed by atoms with Gasteiger partial charge >= 0.3 is 0 Å². The minimum Gasteiger partial charge on any atom is -0.310 e. The Morgan fingerprint density at radius 3 is 1.25 bits per heavy atom. The van der Waals surface area contributed by atoms with Crippen LogP contribution in [0.1, 0.15) is 66.6 Å². The van der Waals surface area contributed by atoms with Crippen LogP contribution in [0.4, 0.5) is 34.1 Å². The van der Waals surface area contributed by atoms with Gasteiger partial charge in [-0.15, -0.1) is 0 Å². The summed E-state index contributed by atoms with van der Waals surface area (Å²) in [7, 11) is 0. The van der Waals surface area contributed by atoms with Crippen molar-refractivity contribution in [3.63, 3.8) is 0 Å². The zero-order valence-corrected chi connectivity index (χ0v) is 32.0. The van der Waals surface area contributed by atoms with Gasteiger partial charge in [-0.2, -0.15) is 0 Å². The van der Waals surface area contributed by atoms with Gasteiger partial charge in [0.1, 0.15) is 0 Å². The maximum Gasteiger partial charge on any atom is 0.0465 e. The summed E-state index contributed by atoms with van der Waals surface area (Å²) < 4.78 is 0. The first kappa shape index (κ1) is 34.2. The molecule has 1 aliphatic rings. The molecule has 8 rings (SSSR count). The van der Waals surface area contributed by atoms with E-state index in [0.717, 1.165) is 34.1 Å². The molecule has 2 heteroatoms. The van der Waals surface area contributed by atoms with Gasteiger partial charge in [0.15, 0.2) is 0 Å². The molecule has 0 unspecified atom stereocenters. The fraction of sp³-hybridized carbons (Fsp3) is 0.176. The van der Waals surface area contributed by atoms with Crippen LogP contribution in [-0.2, 0) is 10.8 Å². The number of aryl methyl sites for hydroxylation is 3. The molecule has 262 valence electrons. The lowest BCUT2D eigenvalue weighted by Crippen LogP contribution is -2.19. The lowest BCUT2D eigenvalue weighted by molar-refractivity contribution is 0.640. The molecule has 7 aromatic rings. The van der Waals surface area contributed by atoms with E-state index in [-0.39, 0.29) is 10.8 Å². The summed E-state index contributed by atoms with van der Waals surface area (Å²) in [5.41, 5.74) is 18.3. The largest absolute Gasteiger partial charge is 0.310 e. The molecule has 0 atom stereocenters. The van der Waals surface area contributed by atoms with Gasteiger partial charge < -0.3 is 9.80 Å². The molecule has 0 amide bonds. The standard InChI is InChI=1S/C51H48N2/c1-35-19-21-38(22-20-35)50(4,5)39-23-25-41(26-24-39)53(43-18-12-14-37(3)32-43)45-28-30-47-46-29-27-44(33-48(46)51(6,7)49(47)34-45)52(40-15-9-8-10-16-40)42-17-11-13-36(2)31-42/h8-34H,1-7H3. The molecule has 0 heterocycles. The molecule has 0 spiro atoms. The molecule has 0 N–H and O–H groups in total. The Morgan fingerprint density at radius 1 is 0.377 bits per heavy atom. The SMILES string of the molecule is Cc1ccc(C(C)(C)c2ccc(N(c3cccc(C)c3)c3ccc4c(c3)C(C)(C)c3cc(N(c5ccccc5)c5cccc(C)c5)ccc3-4)cc2)cc1. The summed E-state index contributed by atoms with van der Waals surface area (Å²) in [6, 6.07) is 60.5. The van der Waals surface area contributed by atoms with E-state index in [1.807, 2.05) is 0 Å². The minimum absolute atomic E-state index is 0.113. The second-order valence-electron chi connectivity index (χ2n) is 15.8. The first-order valence-electron chi connectivity index (χ1n) is 18.8. The van der Waals surface area contributed by atoms with Gasteiger partial charge in [-0.25, -0.2) is 0 Å². The number of hydrogen-bond acceptors (Lipinski definition) is 2. The molecule has 0 radical (unpaired) electrons. The number of benzene rings is 7. The van der Waals surface area contributed by atoms with Crippen LogP contribution in [0.15, 0.2) is 164 Å². The predicted octanol–water partition coefficient (Wildman–Crippen LogP) is 14.2. The van der Waals surface area contributed by atoms with Gasteiger partial charge in [0.25, 0.3) is 0 Å². The van der Waals surface area contributed by atoms with Crippen molar-refractivity contribution in [2.24, 2.45) is 0 Å². The molecular formula is C51H48N2. The van der Waals surface area contributed by atoms with E-state index in [1.165, 1.54) is 50.1 Å². The normalized spacial score (nSPS) is 13.0. The highest BCUT2D eigenvalue weighted by molar-refractivity contribution is 5.88. The van der Waals surface area contributed by atoms with Gasteiger partial charge in [0.05, 0.1) is 0 Å². The summed E-state index contributed by atoms with van der Waals surface area (Å²) in [5, 5.41) is 0. The van der Waals surface area contributed by atoms with Gasteiger partial charge in [-0.1, -0.05) is 124 Å². The Morgan fingerprint density at radius 2 is 0.774 bits per heavy atom. The fourth-order valence-electron chi connectivity index (χ4n) is 8.16. The van der Waals surface area contributed by atoms with Crippen molar-refractivity contribution >= 4 is 34.1 Å². The molecule has 7 aromatic carbocycles.